The molecule has 1 unspecified atom stereocenters. The van der Waals surface area contributed by atoms with Gasteiger partial charge in [0.2, 0.25) is 10.0 Å². The molecule has 132 valence electrons. The minimum Gasteiger partial charge on any atom is -0.399 e. The van der Waals surface area contributed by atoms with Crippen LogP contribution in [0.3, 0.4) is 0 Å². The molecule has 3 rings (SSSR count). The summed E-state index contributed by atoms with van der Waals surface area (Å²) in [5, 5.41) is 3.58. The zero-order valence-electron chi connectivity index (χ0n) is 13.9. The Labute approximate surface area is 148 Å². The number of hydrogen-bond donors (Lipinski definition) is 2. The van der Waals surface area contributed by atoms with Gasteiger partial charge in [0.1, 0.15) is 0 Å². The monoisotopic (exact) mass is 367 g/mol. The van der Waals surface area contributed by atoms with Crippen LogP contribution in [0.5, 0.6) is 0 Å². The fourth-order valence-electron chi connectivity index (χ4n) is 3.10. The third-order valence-corrected chi connectivity index (χ3v) is 7.80. The maximum absolute atomic E-state index is 12.7. The summed E-state index contributed by atoms with van der Waals surface area (Å²) < 4.78 is 26.9. The quantitative estimate of drug-likeness (QED) is 0.781. The van der Waals surface area contributed by atoms with Crippen molar-refractivity contribution in [3.8, 4) is 0 Å². The first-order chi connectivity index (χ1) is 11.4. The summed E-state index contributed by atoms with van der Waals surface area (Å²) in [6.45, 7) is 4.27. The van der Waals surface area contributed by atoms with Gasteiger partial charge < -0.3 is 11.1 Å². The maximum atomic E-state index is 12.7. The molecule has 2 heterocycles. The topological polar surface area (TPSA) is 75.4 Å². The molecule has 1 aromatic rings. The number of sulfonamides is 1. The predicted octanol–water partition coefficient (Wildman–Crippen LogP) is 2.28. The van der Waals surface area contributed by atoms with Crippen LogP contribution in [0.1, 0.15) is 19.8 Å². The lowest BCUT2D eigenvalue weighted by molar-refractivity contribution is 0.294. The number of nitrogens with one attached hydrogen (secondary N) is 1. The van der Waals surface area contributed by atoms with E-state index in [0.29, 0.717) is 35.6 Å². The van der Waals surface area contributed by atoms with Crippen molar-refractivity contribution in [2.75, 3.05) is 31.1 Å². The van der Waals surface area contributed by atoms with E-state index in [4.69, 9.17) is 5.73 Å². The molecule has 0 bridgehead atoms. The van der Waals surface area contributed by atoms with E-state index < -0.39 is 10.0 Å². The van der Waals surface area contributed by atoms with E-state index in [2.05, 4.69) is 18.3 Å². The molecule has 0 aliphatic carbocycles. The second-order valence-corrected chi connectivity index (χ2v) is 9.63. The number of thioether (sulfide) groups is 1. The largest absolute Gasteiger partial charge is 0.399 e. The average molecular weight is 368 g/mol. The van der Waals surface area contributed by atoms with Gasteiger partial charge in [0.05, 0.1) is 4.90 Å². The molecule has 5 nitrogen and oxygen atoms in total. The van der Waals surface area contributed by atoms with Crippen LogP contribution >= 0.6 is 11.8 Å². The lowest BCUT2D eigenvalue weighted by Crippen LogP contribution is -2.45. The lowest BCUT2D eigenvalue weighted by atomic mass is 10.1. The first-order valence-corrected chi connectivity index (χ1v) is 10.8. The summed E-state index contributed by atoms with van der Waals surface area (Å²) in [6, 6.07) is 6.82. The van der Waals surface area contributed by atoms with Gasteiger partial charge in [0, 0.05) is 37.1 Å². The van der Waals surface area contributed by atoms with Crippen molar-refractivity contribution in [3.05, 3.63) is 35.2 Å². The molecule has 0 radical (unpaired) electrons. The number of piperidine rings is 1. The van der Waals surface area contributed by atoms with Crippen molar-refractivity contribution in [2.24, 2.45) is 5.92 Å². The summed E-state index contributed by atoms with van der Waals surface area (Å²) in [5.41, 5.74) is 6.21. The number of benzene rings is 1. The Bertz CT molecular complexity index is 693. The summed E-state index contributed by atoms with van der Waals surface area (Å²) in [4.78, 5) is 1.74. The molecule has 1 saturated heterocycles. The molecule has 1 atom stereocenters. The molecule has 0 saturated carbocycles. The Hall–Kier alpha value is -1.02. The Morgan fingerprint density at radius 1 is 1.25 bits per heavy atom. The summed E-state index contributed by atoms with van der Waals surface area (Å²) in [7, 11) is -3.41. The highest BCUT2D eigenvalue weighted by Gasteiger charge is 2.29. The SMILES string of the molecule is CC1C=C(CNC2CCN(S(=O)(=O)c3ccc(N)cc3)CC2)SC1. The summed E-state index contributed by atoms with van der Waals surface area (Å²) in [6.07, 6.45) is 4.03. The third-order valence-electron chi connectivity index (χ3n) is 4.54. The van der Waals surface area contributed by atoms with Crippen molar-refractivity contribution < 1.29 is 8.42 Å². The number of hydrogen-bond acceptors (Lipinski definition) is 5. The van der Waals surface area contributed by atoms with Gasteiger partial charge in [-0.05, 0) is 47.9 Å². The van der Waals surface area contributed by atoms with Crippen LogP contribution in [0.4, 0.5) is 5.69 Å². The molecule has 2 aliphatic heterocycles. The Kier molecular flexibility index (Phi) is 5.54. The fourth-order valence-corrected chi connectivity index (χ4v) is 5.65. The van der Waals surface area contributed by atoms with Gasteiger partial charge in [0.25, 0.3) is 0 Å². The number of nitrogens with two attached hydrogens (primary N) is 1. The zero-order valence-corrected chi connectivity index (χ0v) is 15.6. The zero-order chi connectivity index (χ0) is 17.2. The first kappa shape index (κ1) is 17.8. The fraction of sp³-hybridized carbons (Fsp3) is 0.529. The number of allylic oxidation sites excluding steroid dienone is 1. The van der Waals surface area contributed by atoms with Gasteiger partial charge in [-0.25, -0.2) is 8.42 Å². The standard InChI is InChI=1S/C17H25N3O2S2/c1-13-10-16(23-12-13)11-19-15-6-8-20(9-7-15)24(21,22)17-4-2-14(18)3-5-17/h2-5,10,13,15,19H,6-9,11-12,18H2,1H3. The normalized spacial score (nSPS) is 23.4. The summed E-state index contributed by atoms with van der Waals surface area (Å²) >= 11 is 1.92. The lowest BCUT2D eigenvalue weighted by Gasteiger charge is -2.31. The molecule has 0 amide bonds. The van der Waals surface area contributed by atoms with E-state index in [1.807, 2.05) is 11.8 Å². The molecule has 3 N–H and O–H groups in total. The molecule has 1 aromatic carbocycles. The predicted molar refractivity (Wildman–Crippen MR) is 100 cm³/mol. The Morgan fingerprint density at radius 2 is 1.92 bits per heavy atom. The molecule has 0 aromatic heterocycles. The Morgan fingerprint density at radius 3 is 2.50 bits per heavy atom. The first-order valence-electron chi connectivity index (χ1n) is 8.38. The second-order valence-electron chi connectivity index (χ2n) is 6.55. The maximum Gasteiger partial charge on any atom is 0.243 e. The number of rotatable bonds is 5. The van der Waals surface area contributed by atoms with Crippen LogP contribution in [0, 0.1) is 5.92 Å². The number of nitrogen functional groups attached to an aromatic ring is 1. The molecule has 24 heavy (non-hydrogen) atoms. The van der Waals surface area contributed by atoms with Gasteiger partial charge in [0.15, 0.2) is 0 Å². The molecular weight excluding hydrogens is 342 g/mol. The molecule has 0 spiro atoms. The van der Waals surface area contributed by atoms with Crippen molar-refractivity contribution >= 4 is 27.5 Å². The third kappa shape index (κ3) is 4.14. The number of nitrogens with zero attached hydrogens (tertiary/aromatic N) is 1. The number of anilines is 1. The second kappa shape index (κ2) is 7.47. The Balaban J connectivity index is 1.53. The van der Waals surface area contributed by atoms with Gasteiger partial charge in [-0.1, -0.05) is 13.0 Å². The van der Waals surface area contributed by atoms with Gasteiger partial charge in [-0.2, -0.15) is 4.31 Å². The highest BCUT2D eigenvalue weighted by atomic mass is 32.2. The average Bonchev–Trinajstić information content (AvgIpc) is 2.99. The highest BCUT2D eigenvalue weighted by Crippen LogP contribution is 2.28. The minimum atomic E-state index is -3.41. The van der Waals surface area contributed by atoms with Crippen LogP contribution in [-0.4, -0.2) is 44.2 Å². The van der Waals surface area contributed by atoms with E-state index >= 15 is 0 Å². The van der Waals surface area contributed by atoms with Crippen LogP contribution < -0.4 is 11.1 Å². The minimum absolute atomic E-state index is 0.324. The van der Waals surface area contributed by atoms with Crippen molar-refractivity contribution in [2.45, 2.75) is 30.7 Å². The highest BCUT2D eigenvalue weighted by molar-refractivity contribution is 8.03. The van der Waals surface area contributed by atoms with Crippen LogP contribution in [0.15, 0.2) is 40.1 Å². The van der Waals surface area contributed by atoms with Gasteiger partial charge in [-0.3, -0.25) is 0 Å². The molecule has 1 fully saturated rings. The van der Waals surface area contributed by atoms with Crippen LogP contribution in [0.2, 0.25) is 0 Å². The van der Waals surface area contributed by atoms with Crippen LogP contribution in [0.25, 0.3) is 0 Å². The van der Waals surface area contributed by atoms with E-state index in [9.17, 15) is 8.42 Å². The van der Waals surface area contributed by atoms with E-state index in [0.717, 1.165) is 19.4 Å². The summed E-state index contributed by atoms with van der Waals surface area (Å²) in [5.74, 6) is 1.84. The smallest absolute Gasteiger partial charge is 0.243 e. The van der Waals surface area contributed by atoms with E-state index in [1.54, 1.807) is 28.6 Å². The van der Waals surface area contributed by atoms with E-state index in [-0.39, 0.29) is 0 Å². The van der Waals surface area contributed by atoms with Gasteiger partial charge in [-0.15, -0.1) is 11.8 Å². The van der Waals surface area contributed by atoms with E-state index in [1.165, 1.54) is 10.7 Å². The van der Waals surface area contributed by atoms with Crippen molar-refractivity contribution in [1.29, 1.82) is 0 Å². The molecule has 7 heteroatoms. The van der Waals surface area contributed by atoms with Crippen LogP contribution in [-0.2, 0) is 10.0 Å². The van der Waals surface area contributed by atoms with Crippen molar-refractivity contribution in [1.82, 2.24) is 9.62 Å². The molecule has 2 aliphatic rings. The molecular formula is C17H25N3O2S2. The van der Waals surface area contributed by atoms with Crippen molar-refractivity contribution in [3.63, 3.8) is 0 Å². The van der Waals surface area contributed by atoms with Gasteiger partial charge >= 0.3 is 0 Å².